The largest absolute Gasteiger partial charge is 0.316 e. The third kappa shape index (κ3) is 2.44. The van der Waals surface area contributed by atoms with E-state index in [1.54, 1.807) is 12.0 Å². The summed E-state index contributed by atoms with van der Waals surface area (Å²) in [6.07, 6.45) is 8.90. The molecule has 4 saturated carbocycles. The highest BCUT2D eigenvalue weighted by atomic mass is 14.9. The van der Waals surface area contributed by atoms with Crippen molar-refractivity contribution in [1.29, 1.82) is 0 Å². The molecule has 1 heteroatoms. The highest BCUT2D eigenvalue weighted by molar-refractivity contribution is 5.26. The lowest BCUT2D eigenvalue weighted by Crippen LogP contribution is -2.53. The average Bonchev–Trinajstić information content (AvgIpc) is 2.47. The standard InChI is InChI=1S/C20H29N/c1-13-5-3-4-6-16(13)12-19(21-2)20-17-8-14-7-15(10-17)11-18(20)9-14/h3-6,14-15,17-21H,7-12H2,1-2H3. The predicted molar refractivity (Wildman–Crippen MR) is 88.3 cm³/mol. The summed E-state index contributed by atoms with van der Waals surface area (Å²) in [5, 5.41) is 3.71. The number of rotatable bonds is 4. The zero-order chi connectivity index (χ0) is 14.4. The van der Waals surface area contributed by atoms with Crippen LogP contribution in [0, 0.1) is 36.5 Å². The molecule has 1 N–H and O–H groups in total. The van der Waals surface area contributed by atoms with Crippen molar-refractivity contribution < 1.29 is 0 Å². The van der Waals surface area contributed by atoms with E-state index in [9.17, 15) is 0 Å². The van der Waals surface area contributed by atoms with Crippen LogP contribution in [0.15, 0.2) is 24.3 Å². The third-order valence-corrected chi connectivity index (χ3v) is 6.84. The molecular weight excluding hydrogens is 254 g/mol. The maximum Gasteiger partial charge on any atom is 0.0138 e. The van der Waals surface area contributed by atoms with Gasteiger partial charge in [-0.25, -0.2) is 0 Å². The van der Waals surface area contributed by atoms with E-state index < -0.39 is 0 Å². The second-order valence-corrected chi connectivity index (χ2v) is 8.03. The van der Waals surface area contributed by atoms with Crippen LogP contribution in [0.2, 0.25) is 0 Å². The molecule has 1 aromatic carbocycles. The van der Waals surface area contributed by atoms with Crippen molar-refractivity contribution in [3.63, 3.8) is 0 Å². The highest BCUT2D eigenvalue weighted by Gasteiger charge is 2.50. The maximum absolute atomic E-state index is 3.71. The normalized spacial score (nSPS) is 38.7. The smallest absolute Gasteiger partial charge is 0.0138 e. The van der Waals surface area contributed by atoms with Gasteiger partial charge >= 0.3 is 0 Å². The van der Waals surface area contributed by atoms with E-state index in [-0.39, 0.29) is 0 Å². The van der Waals surface area contributed by atoms with Gasteiger partial charge in [0.1, 0.15) is 0 Å². The van der Waals surface area contributed by atoms with Gasteiger partial charge in [0.2, 0.25) is 0 Å². The van der Waals surface area contributed by atoms with Crippen molar-refractivity contribution in [3.8, 4) is 0 Å². The Hall–Kier alpha value is -0.820. The molecule has 0 spiro atoms. The first-order valence-corrected chi connectivity index (χ1v) is 8.96. The quantitative estimate of drug-likeness (QED) is 0.873. The first-order chi connectivity index (χ1) is 10.2. The fourth-order valence-corrected chi connectivity index (χ4v) is 6.13. The van der Waals surface area contributed by atoms with Crippen molar-refractivity contribution in [2.24, 2.45) is 29.6 Å². The summed E-state index contributed by atoms with van der Waals surface area (Å²) in [6, 6.07) is 9.64. The number of benzene rings is 1. The van der Waals surface area contributed by atoms with Crippen molar-refractivity contribution in [2.75, 3.05) is 7.05 Å². The molecule has 114 valence electrons. The van der Waals surface area contributed by atoms with Gasteiger partial charge in [-0.05, 0) is 93.2 Å². The molecule has 0 amide bonds. The van der Waals surface area contributed by atoms with Gasteiger partial charge in [-0.15, -0.1) is 0 Å². The molecule has 4 aliphatic rings. The minimum Gasteiger partial charge on any atom is -0.316 e. The van der Waals surface area contributed by atoms with E-state index >= 15 is 0 Å². The Morgan fingerprint density at radius 3 is 2.19 bits per heavy atom. The second-order valence-electron chi connectivity index (χ2n) is 8.03. The average molecular weight is 283 g/mol. The topological polar surface area (TPSA) is 12.0 Å². The Morgan fingerprint density at radius 2 is 1.62 bits per heavy atom. The molecule has 21 heavy (non-hydrogen) atoms. The molecule has 0 aromatic heterocycles. The van der Waals surface area contributed by atoms with Crippen LogP contribution in [0.4, 0.5) is 0 Å². The van der Waals surface area contributed by atoms with Gasteiger partial charge in [-0.2, -0.15) is 0 Å². The first-order valence-electron chi connectivity index (χ1n) is 8.96. The minimum absolute atomic E-state index is 0.682. The maximum atomic E-state index is 3.71. The highest BCUT2D eigenvalue weighted by Crippen LogP contribution is 2.57. The molecule has 1 atom stereocenters. The zero-order valence-corrected chi connectivity index (χ0v) is 13.5. The van der Waals surface area contributed by atoms with Crippen LogP contribution in [0.25, 0.3) is 0 Å². The first kappa shape index (κ1) is 13.8. The Balaban J connectivity index is 1.55. The van der Waals surface area contributed by atoms with E-state index in [1.165, 1.54) is 37.7 Å². The van der Waals surface area contributed by atoms with Crippen LogP contribution >= 0.6 is 0 Å². The monoisotopic (exact) mass is 283 g/mol. The lowest BCUT2D eigenvalue weighted by Gasteiger charge is -2.56. The van der Waals surface area contributed by atoms with Crippen LogP contribution in [-0.4, -0.2) is 13.1 Å². The fraction of sp³-hybridized carbons (Fsp3) is 0.700. The van der Waals surface area contributed by atoms with Crippen molar-refractivity contribution in [3.05, 3.63) is 35.4 Å². The van der Waals surface area contributed by atoms with Gasteiger partial charge < -0.3 is 5.32 Å². The van der Waals surface area contributed by atoms with Gasteiger partial charge in [-0.3, -0.25) is 0 Å². The predicted octanol–water partition coefficient (Wildman–Crippen LogP) is 4.20. The SMILES string of the molecule is CNC(Cc1ccccc1C)C1C2CC3CC(C2)CC1C3. The van der Waals surface area contributed by atoms with Gasteiger partial charge in [0.25, 0.3) is 0 Å². The van der Waals surface area contributed by atoms with Crippen LogP contribution in [-0.2, 0) is 6.42 Å². The van der Waals surface area contributed by atoms with Crippen molar-refractivity contribution in [1.82, 2.24) is 5.32 Å². The number of nitrogens with one attached hydrogen (secondary N) is 1. The second kappa shape index (κ2) is 5.43. The summed E-state index contributed by atoms with van der Waals surface area (Å²) >= 11 is 0. The molecule has 0 aliphatic heterocycles. The molecule has 1 unspecified atom stereocenters. The van der Waals surface area contributed by atoms with Crippen LogP contribution in [0.3, 0.4) is 0 Å². The Bertz CT molecular complexity index is 478. The van der Waals surface area contributed by atoms with Gasteiger partial charge in [0.05, 0.1) is 0 Å². The summed E-state index contributed by atoms with van der Waals surface area (Å²) in [4.78, 5) is 0. The number of hydrogen-bond donors (Lipinski definition) is 1. The van der Waals surface area contributed by atoms with E-state index in [4.69, 9.17) is 0 Å². The molecular formula is C20H29N. The molecule has 4 fully saturated rings. The minimum atomic E-state index is 0.682. The van der Waals surface area contributed by atoms with Gasteiger partial charge in [0, 0.05) is 6.04 Å². The molecule has 4 aliphatic carbocycles. The van der Waals surface area contributed by atoms with E-state index in [0.717, 1.165) is 29.6 Å². The summed E-state index contributed by atoms with van der Waals surface area (Å²) in [5.74, 6) is 5.13. The zero-order valence-electron chi connectivity index (χ0n) is 13.5. The van der Waals surface area contributed by atoms with Crippen molar-refractivity contribution >= 4 is 0 Å². The molecule has 1 aromatic rings. The third-order valence-electron chi connectivity index (χ3n) is 6.84. The van der Waals surface area contributed by atoms with E-state index in [0.29, 0.717) is 6.04 Å². The lowest BCUT2D eigenvalue weighted by molar-refractivity contribution is -0.0507. The van der Waals surface area contributed by atoms with E-state index in [2.05, 4.69) is 43.6 Å². The Morgan fingerprint density at radius 1 is 1.00 bits per heavy atom. The molecule has 0 heterocycles. The summed E-state index contributed by atoms with van der Waals surface area (Å²) in [7, 11) is 2.19. The molecule has 5 rings (SSSR count). The van der Waals surface area contributed by atoms with E-state index in [1.807, 2.05) is 0 Å². The summed E-state index contributed by atoms with van der Waals surface area (Å²) in [6.45, 7) is 2.26. The molecule has 1 nitrogen and oxygen atoms in total. The van der Waals surface area contributed by atoms with Crippen LogP contribution in [0.1, 0.15) is 43.2 Å². The van der Waals surface area contributed by atoms with Crippen molar-refractivity contribution in [2.45, 2.75) is 51.5 Å². The summed E-state index contributed by atoms with van der Waals surface area (Å²) < 4.78 is 0. The Labute approximate surface area is 129 Å². The molecule has 4 bridgehead atoms. The fourth-order valence-electron chi connectivity index (χ4n) is 6.13. The summed E-state index contributed by atoms with van der Waals surface area (Å²) in [5.41, 5.74) is 3.01. The number of aryl methyl sites for hydroxylation is 1. The van der Waals surface area contributed by atoms with Gasteiger partial charge in [-0.1, -0.05) is 24.3 Å². The molecule has 0 radical (unpaired) electrons. The van der Waals surface area contributed by atoms with Crippen LogP contribution < -0.4 is 5.32 Å². The van der Waals surface area contributed by atoms with Gasteiger partial charge in [0.15, 0.2) is 0 Å². The molecule has 0 saturated heterocycles. The number of likely N-dealkylation sites (N-methyl/N-ethyl adjacent to an activating group) is 1. The Kier molecular flexibility index (Phi) is 3.57. The van der Waals surface area contributed by atoms with Crippen LogP contribution in [0.5, 0.6) is 0 Å². The lowest BCUT2D eigenvalue weighted by atomic mass is 9.50. The number of hydrogen-bond acceptors (Lipinski definition) is 1.